The molecule has 1 aromatic heterocycles. The maximum atomic E-state index is 10.8. The van der Waals surface area contributed by atoms with Crippen LogP contribution in [0.5, 0.6) is 11.6 Å². The number of nitro groups is 1. The van der Waals surface area contributed by atoms with Gasteiger partial charge in [-0.3, -0.25) is 10.1 Å². The van der Waals surface area contributed by atoms with Gasteiger partial charge in [0.1, 0.15) is 4.47 Å². The monoisotopic (exact) mass is 387 g/mol. The van der Waals surface area contributed by atoms with Crippen molar-refractivity contribution in [2.24, 2.45) is 0 Å². The quantitative estimate of drug-likeness (QED) is 0.636. The maximum Gasteiger partial charge on any atom is 0.287 e. The third-order valence-electron chi connectivity index (χ3n) is 2.19. The highest BCUT2D eigenvalue weighted by molar-refractivity contribution is 9.11. The van der Waals surface area contributed by atoms with Crippen molar-refractivity contribution in [3.05, 3.63) is 49.5 Å². The third-order valence-corrected chi connectivity index (χ3v) is 3.42. The number of hydrogen-bond donors (Lipinski definition) is 1. The van der Waals surface area contributed by atoms with Gasteiger partial charge in [-0.25, -0.2) is 4.98 Å². The molecule has 0 fully saturated rings. The molecule has 0 aliphatic heterocycles. The van der Waals surface area contributed by atoms with Crippen molar-refractivity contribution in [2.45, 2.75) is 0 Å². The van der Waals surface area contributed by atoms with Crippen LogP contribution in [0.3, 0.4) is 0 Å². The Bertz CT molecular complexity index is 649. The number of hydrogen-bond acceptors (Lipinski definition) is 5. The molecule has 0 amide bonds. The van der Waals surface area contributed by atoms with E-state index in [9.17, 15) is 10.1 Å². The Hall–Kier alpha value is -1.67. The Morgan fingerprint density at radius 1 is 1.37 bits per heavy atom. The summed E-state index contributed by atoms with van der Waals surface area (Å²) in [6.45, 7) is 0. The van der Waals surface area contributed by atoms with Crippen LogP contribution in [0.4, 0.5) is 11.4 Å². The fourth-order valence-corrected chi connectivity index (χ4v) is 2.19. The molecule has 98 valence electrons. The minimum Gasteiger partial charge on any atom is -0.436 e. The van der Waals surface area contributed by atoms with Gasteiger partial charge in [0.25, 0.3) is 5.69 Å². The second kappa shape index (κ2) is 5.54. The second-order valence-corrected chi connectivity index (χ2v) is 5.21. The molecule has 1 aromatic carbocycles. The van der Waals surface area contributed by atoms with Gasteiger partial charge in [0.15, 0.2) is 5.75 Å². The lowest BCUT2D eigenvalue weighted by Crippen LogP contribution is -1.97. The first kappa shape index (κ1) is 13.8. The average molecular weight is 389 g/mol. The number of nitrogen functional groups attached to an aromatic ring is 1. The van der Waals surface area contributed by atoms with Crippen molar-refractivity contribution in [1.29, 1.82) is 0 Å². The van der Waals surface area contributed by atoms with Crippen LogP contribution >= 0.6 is 31.9 Å². The molecule has 0 saturated carbocycles. The number of pyridine rings is 1. The average Bonchev–Trinajstić information content (AvgIpc) is 2.34. The first-order valence-corrected chi connectivity index (χ1v) is 6.59. The second-order valence-electron chi connectivity index (χ2n) is 3.50. The summed E-state index contributed by atoms with van der Waals surface area (Å²) in [7, 11) is 0. The molecule has 8 heteroatoms. The molecule has 0 atom stereocenters. The van der Waals surface area contributed by atoms with Crippen LogP contribution in [-0.4, -0.2) is 9.91 Å². The number of nitrogens with two attached hydrogens (primary N) is 1. The minimum atomic E-state index is -0.505. The predicted octanol–water partition coefficient (Wildman–Crippen LogP) is 3.89. The highest BCUT2D eigenvalue weighted by Gasteiger charge is 2.17. The van der Waals surface area contributed by atoms with E-state index in [2.05, 4.69) is 36.8 Å². The summed E-state index contributed by atoms with van der Waals surface area (Å²) in [5.41, 5.74) is 5.99. The van der Waals surface area contributed by atoms with Crippen molar-refractivity contribution < 1.29 is 9.66 Å². The largest absolute Gasteiger partial charge is 0.436 e. The van der Waals surface area contributed by atoms with Gasteiger partial charge in [0.2, 0.25) is 5.88 Å². The lowest BCUT2D eigenvalue weighted by molar-refractivity contribution is -0.385. The van der Waals surface area contributed by atoms with Crippen molar-refractivity contribution >= 4 is 43.2 Å². The number of rotatable bonds is 3. The van der Waals surface area contributed by atoms with Gasteiger partial charge in [-0.05, 0) is 44.0 Å². The molecule has 0 aliphatic rings. The summed E-state index contributed by atoms with van der Waals surface area (Å²) < 4.78 is 6.44. The van der Waals surface area contributed by atoms with E-state index in [1.54, 1.807) is 12.1 Å². The number of nitro benzene ring substituents is 1. The van der Waals surface area contributed by atoms with Crippen LogP contribution in [0.1, 0.15) is 0 Å². The number of anilines is 1. The molecular formula is C11H7Br2N3O3. The lowest BCUT2D eigenvalue weighted by Gasteiger charge is -2.09. The summed E-state index contributed by atoms with van der Waals surface area (Å²) in [4.78, 5) is 14.3. The van der Waals surface area contributed by atoms with Gasteiger partial charge in [0.05, 0.1) is 10.6 Å². The van der Waals surface area contributed by atoms with Crippen LogP contribution in [-0.2, 0) is 0 Å². The molecule has 1 heterocycles. The molecule has 2 aromatic rings. The molecule has 19 heavy (non-hydrogen) atoms. The van der Waals surface area contributed by atoms with Crippen LogP contribution in [0.2, 0.25) is 0 Å². The van der Waals surface area contributed by atoms with Gasteiger partial charge in [-0.15, -0.1) is 0 Å². The fraction of sp³-hybridized carbons (Fsp3) is 0. The van der Waals surface area contributed by atoms with E-state index in [0.29, 0.717) is 5.69 Å². The topological polar surface area (TPSA) is 91.3 Å². The molecule has 6 nitrogen and oxygen atoms in total. The van der Waals surface area contributed by atoms with Crippen LogP contribution in [0, 0.1) is 10.1 Å². The Labute approximate surface area is 125 Å². The fourth-order valence-electron chi connectivity index (χ4n) is 1.35. The van der Waals surface area contributed by atoms with E-state index in [0.717, 1.165) is 4.47 Å². The predicted molar refractivity (Wildman–Crippen MR) is 77.2 cm³/mol. The molecular weight excluding hydrogens is 382 g/mol. The number of nitrogens with zero attached hydrogens (tertiary/aromatic N) is 2. The minimum absolute atomic E-state index is 0.0896. The van der Waals surface area contributed by atoms with Crippen LogP contribution < -0.4 is 10.5 Å². The van der Waals surface area contributed by atoms with Crippen molar-refractivity contribution in [3.63, 3.8) is 0 Å². The van der Waals surface area contributed by atoms with Gasteiger partial charge >= 0.3 is 0 Å². The van der Waals surface area contributed by atoms with Crippen LogP contribution in [0.25, 0.3) is 0 Å². The Morgan fingerprint density at radius 2 is 2.11 bits per heavy atom. The SMILES string of the molecule is Nc1cc(Br)cnc1Oc1cccc([N+](=O)[O-])c1Br. The van der Waals surface area contributed by atoms with Crippen LogP contribution in [0.15, 0.2) is 39.4 Å². The maximum absolute atomic E-state index is 10.8. The number of benzene rings is 1. The summed E-state index contributed by atoms with van der Waals surface area (Å²) in [6, 6.07) is 6.11. The first-order chi connectivity index (χ1) is 8.99. The summed E-state index contributed by atoms with van der Waals surface area (Å²) in [5, 5.41) is 10.8. The highest BCUT2D eigenvalue weighted by Crippen LogP contribution is 2.37. The van der Waals surface area contributed by atoms with E-state index >= 15 is 0 Å². The molecule has 2 rings (SSSR count). The molecule has 0 saturated heterocycles. The van der Waals surface area contributed by atoms with Gasteiger partial charge in [-0.1, -0.05) is 6.07 Å². The normalized spacial score (nSPS) is 10.2. The van der Waals surface area contributed by atoms with E-state index in [1.165, 1.54) is 18.3 Å². The third kappa shape index (κ3) is 3.02. The zero-order valence-corrected chi connectivity index (χ0v) is 12.5. The molecule has 0 unspecified atom stereocenters. The van der Waals surface area contributed by atoms with Crippen molar-refractivity contribution in [1.82, 2.24) is 4.98 Å². The number of aromatic nitrogens is 1. The Morgan fingerprint density at radius 3 is 2.74 bits per heavy atom. The number of halogens is 2. The van der Waals surface area contributed by atoms with E-state index < -0.39 is 4.92 Å². The van der Waals surface area contributed by atoms with E-state index in [-0.39, 0.29) is 21.8 Å². The van der Waals surface area contributed by atoms with Gasteiger partial charge < -0.3 is 10.5 Å². The zero-order chi connectivity index (χ0) is 14.0. The van der Waals surface area contributed by atoms with Gasteiger partial charge in [0, 0.05) is 16.7 Å². The molecule has 0 spiro atoms. The highest BCUT2D eigenvalue weighted by atomic mass is 79.9. The Kier molecular flexibility index (Phi) is 4.01. The summed E-state index contributed by atoms with van der Waals surface area (Å²) in [5.74, 6) is 0.458. The molecule has 0 radical (unpaired) electrons. The van der Waals surface area contributed by atoms with E-state index in [4.69, 9.17) is 10.5 Å². The zero-order valence-electron chi connectivity index (χ0n) is 9.34. The van der Waals surface area contributed by atoms with E-state index in [1.807, 2.05) is 0 Å². The smallest absolute Gasteiger partial charge is 0.287 e. The Balaban J connectivity index is 2.38. The first-order valence-electron chi connectivity index (χ1n) is 5.01. The van der Waals surface area contributed by atoms with Crippen molar-refractivity contribution in [3.8, 4) is 11.6 Å². The molecule has 2 N–H and O–H groups in total. The number of ether oxygens (including phenoxy) is 1. The lowest BCUT2D eigenvalue weighted by atomic mass is 10.3. The standard InChI is InChI=1S/C11H7Br2N3O3/c12-6-4-7(14)11(15-5-6)19-9-3-1-2-8(10(9)13)16(17)18/h1-5H,14H2. The molecule has 0 aliphatic carbocycles. The van der Waals surface area contributed by atoms with Gasteiger partial charge in [-0.2, -0.15) is 0 Å². The van der Waals surface area contributed by atoms with Crippen molar-refractivity contribution in [2.75, 3.05) is 5.73 Å². The summed E-state index contributed by atoms with van der Waals surface area (Å²) >= 11 is 6.36. The summed E-state index contributed by atoms with van der Waals surface area (Å²) in [6.07, 6.45) is 1.52. The molecule has 0 bridgehead atoms.